The molecule has 14 nitrogen and oxygen atoms in total. The van der Waals surface area contributed by atoms with Gasteiger partial charge in [0, 0.05) is 93.7 Å². The van der Waals surface area contributed by atoms with Crippen molar-refractivity contribution in [3.05, 3.63) is 278 Å². The third-order valence-corrected chi connectivity index (χ3v) is 19.7. The van der Waals surface area contributed by atoms with E-state index in [9.17, 15) is 28.4 Å². The van der Waals surface area contributed by atoms with Gasteiger partial charge in [-0.25, -0.2) is 19.2 Å². The van der Waals surface area contributed by atoms with E-state index in [4.69, 9.17) is 5.73 Å². The van der Waals surface area contributed by atoms with Crippen LogP contribution in [-0.4, -0.2) is 45.7 Å². The van der Waals surface area contributed by atoms with Gasteiger partial charge in [0.05, 0.1) is 23.3 Å². The summed E-state index contributed by atoms with van der Waals surface area (Å²) in [7, 11) is 0. The molecule has 3 aliphatic carbocycles. The highest BCUT2D eigenvalue weighted by molar-refractivity contribution is 6.04. The highest BCUT2D eigenvalue weighted by Gasteiger charge is 2.52. The summed E-state index contributed by atoms with van der Waals surface area (Å²) < 4.78 is 13.0. The smallest absolute Gasteiger partial charge is 0.323 e. The van der Waals surface area contributed by atoms with Crippen molar-refractivity contribution in [3.63, 3.8) is 0 Å². The second kappa shape index (κ2) is 35.8. The number of allylic oxidation sites excluding steroid dienone is 3. The van der Waals surface area contributed by atoms with E-state index in [0.29, 0.717) is 71.7 Å². The number of urea groups is 1. The lowest BCUT2D eigenvalue weighted by molar-refractivity contribution is 0.0961. The normalized spacial score (nSPS) is 14.9. The predicted octanol–water partition coefficient (Wildman–Crippen LogP) is 21.3. The van der Waals surface area contributed by atoms with Crippen molar-refractivity contribution in [2.75, 3.05) is 5.32 Å². The molecule has 105 heavy (non-hydrogen) atoms. The molecular weight excluding hydrogens is 1310 g/mol. The minimum Gasteiger partial charge on any atom is -0.366 e. The Morgan fingerprint density at radius 3 is 1.75 bits per heavy atom. The second-order valence-electron chi connectivity index (χ2n) is 30.2. The fraction of sp³-hybridized carbons (Fsp3) is 0.344. The number of carbonyl (C=O) groups excluding carboxylic acids is 5. The van der Waals surface area contributed by atoms with E-state index >= 15 is 0 Å². The number of aromatic nitrogens is 2. The first-order valence-corrected chi connectivity index (χ1v) is 36.9. The van der Waals surface area contributed by atoms with Gasteiger partial charge in [0.2, 0.25) is 0 Å². The van der Waals surface area contributed by atoms with Crippen LogP contribution < -0.4 is 32.3 Å². The highest BCUT2D eigenvalue weighted by Crippen LogP contribution is 2.57. The zero-order valence-electron chi connectivity index (χ0n) is 64.4. The van der Waals surface area contributed by atoms with Crippen LogP contribution in [0, 0.1) is 11.7 Å². The summed E-state index contributed by atoms with van der Waals surface area (Å²) in [4.78, 5) is 68.5. The number of benzene rings is 6. The van der Waals surface area contributed by atoms with Crippen LogP contribution in [0.15, 0.2) is 188 Å². The van der Waals surface area contributed by atoms with E-state index < -0.39 is 11.7 Å². The van der Waals surface area contributed by atoms with Gasteiger partial charge in [-0.3, -0.25) is 19.2 Å². The molecule has 8 N–H and O–H groups in total. The fourth-order valence-corrected chi connectivity index (χ4v) is 13.1. The number of fused-ring (bicyclic) bond motifs is 7. The predicted molar refractivity (Wildman–Crippen MR) is 431 cm³/mol. The molecule has 550 valence electrons. The second-order valence-corrected chi connectivity index (χ2v) is 30.2. The standard InChI is InChI=1S/C14H16O.C12H14N2O.C12H14N2.C12H14O.C11H13NO.C10H12FNO.C10H12N2.C9H13N/c1-9(2)10-3-4-12-11(7-10)13(15)8-14(12)5-6-14;1-7(2)9-5-4-6-10-8(3)13-12(15)14-11(9)10;1-8(2)10-5-4-6-11-9(3)13-7-14-12(10)11;1-8(2)10-4-3-9-5-6-12(13)11(9)7-10;1-7(2)8-4-3-5-9-10(8)6-12-11(9)13;1-6(2)7-3-4-9(11)8(5-7)10(12)13;1-7(2)9-5-8-3-4-11-10(8)12-6-9;1-7(2)9-4-5-10-8(3)6-9/h3-4,7,9H,5-6,8H2,1-2H3;4-7H,3H2,1-2H3,(H2,13,14,15);4-8H,3H2,1-2H3,(H,13,14);3-4,7-8H,5-6H2,1-2H3;3-5,7H,6H2,1-2H3,(H,12,13);3-6H,1-2H3,(H2,12,13);3-7H,1-2H3,(H,11,12);4-7,10H,3H2,1-2H3. The molecule has 0 saturated heterocycles. The third kappa shape index (κ3) is 20.5. The van der Waals surface area contributed by atoms with Crippen LogP contribution in [0.25, 0.3) is 22.4 Å². The summed E-state index contributed by atoms with van der Waals surface area (Å²) in [5, 5.41) is 15.6. The zero-order valence-corrected chi connectivity index (χ0v) is 64.4. The molecule has 1 fully saturated rings. The van der Waals surface area contributed by atoms with Crippen LogP contribution >= 0.6 is 0 Å². The molecule has 2 aromatic heterocycles. The number of dihydropyridines is 1. The number of para-hydroxylation sites is 2. The van der Waals surface area contributed by atoms with Crippen LogP contribution in [0.4, 0.5) is 20.6 Å². The number of primary amides is 1. The molecule has 4 aliphatic heterocycles. The molecular formula is C90H108FN9O5. The van der Waals surface area contributed by atoms with E-state index in [-0.39, 0.29) is 28.8 Å². The van der Waals surface area contributed by atoms with Crippen molar-refractivity contribution in [2.24, 2.45) is 16.6 Å². The van der Waals surface area contributed by atoms with Crippen molar-refractivity contribution >= 4 is 69.6 Å². The monoisotopic (exact) mass is 1410 g/mol. The Labute approximate surface area is 622 Å². The molecule has 0 unspecified atom stereocenters. The maximum absolute atomic E-state index is 13.0. The number of halogens is 1. The lowest BCUT2D eigenvalue weighted by Crippen LogP contribution is -2.32. The van der Waals surface area contributed by atoms with Gasteiger partial charge in [-0.1, -0.05) is 209 Å². The van der Waals surface area contributed by atoms with Gasteiger partial charge in [-0.05, 0) is 182 Å². The Hall–Kier alpha value is -10.5. The number of hydrogen-bond acceptors (Lipinski definition) is 9. The number of nitrogens with two attached hydrogens (primary N) is 1. The number of aromatic amines is 1. The molecule has 0 radical (unpaired) electrons. The number of aliphatic imine (C=N–C) groups is 1. The number of ketones is 2. The molecule has 6 heterocycles. The number of anilines is 1. The number of nitrogens with zero attached hydrogens (tertiary/aromatic N) is 2. The molecule has 0 atom stereocenters. The molecule has 1 spiro atoms. The van der Waals surface area contributed by atoms with Crippen LogP contribution in [0.1, 0.15) is 286 Å². The van der Waals surface area contributed by atoms with Crippen LogP contribution in [0.3, 0.4) is 0 Å². The quantitative estimate of drug-likeness (QED) is 0.0737. The van der Waals surface area contributed by atoms with Gasteiger partial charge >= 0.3 is 6.03 Å². The SMILES string of the molecule is C=C1C=C(C(C)C)C=CN1.C=C1NC(=O)Nc2c1cccc2C(C)C.C=C1NC=Nc2c1cccc2C(C)C.CC(C)c1ccc(F)c(C(N)=O)c1.CC(C)c1ccc2c(c1)C(=O)CC2.CC(C)c1ccc2c(c1)C(=O)CC21CC1.CC(C)c1cccc2c1CNC2=O.CC(C)c1cnc2[nH]ccc2c1. The molecule has 1 saturated carbocycles. The van der Waals surface area contributed by atoms with Crippen molar-refractivity contribution in [1.82, 2.24) is 31.2 Å². The lowest BCUT2D eigenvalue weighted by Gasteiger charge is -2.24. The summed E-state index contributed by atoms with van der Waals surface area (Å²) in [5.74, 6) is 3.27. The molecule has 4 amide bonds. The van der Waals surface area contributed by atoms with Crippen molar-refractivity contribution < 1.29 is 28.4 Å². The first-order valence-electron chi connectivity index (χ1n) is 36.9. The molecule has 15 rings (SSSR count). The summed E-state index contributed by atoms with van der Waals surface area (Å²) in [6.07, 6.45) is 16.5. The molecule has 15 heteroatoms. The Morgan fingerprint density at radius 2 is 1.15 bits per heavy atom. The number of nitrogens with one attached hydrogen (secondary N) is 6. The number of H-pyrrole nitrogens is 1. The average molecular weight is 1410 g/mol. The number of aryl methyl sites for hydroxylation is 1. The Balaban J connectivity index is 0.000000152. The zero-order chi connectivity index (χ0) is 76.7. The maximum Gasteiger partial charge on any atom is 0.323 e. The summed E-state index contributed by atoms with van der Waals surface area (Å²) in [5.41, 5.74) is 29.2. The highest BCUT2D eigenvalue weighted by atomic mass is 19.1. The van der Waals surface area contributed by atoms with E-state index in [1.165, 1.54) is 80.4 Å². The lowest BCUT2D eigenvalue weighted by atomic mass is 9.94. The number of pyridine rings is 1. The molecule has 7 aliphatic rings. The number of Topliss-reactive ketones (excluding diaryl/α,β-unsaturated/α-hetero) is 2. The van der Waals surface area contributed by atoms with Crippen molar-refractivity contribution in [3.8, 4) is 0 Å². The minimum absolute atomic E-state index is 0.0359. The Morgan fingerprint density at radius 1 is 0.562 bits per heavy atom. The van der Waals surface area contributed by atoms with E-state index in [2.05, 4.69) is 231 Å². The first-order chi connectivity index (χ1) is 49.8. The number of hydrogen-bond donors (Lipinski definition) is 7. The van der Waals surface area contributed by atoms with Crippen LogP contribution in [0.5, 0.6) is 0 Å². The van der Waals surface area contributed by atoms with Gasteiger partial charge in [0.25, 0.3) is 11.8 Å². The van der Waals surface area contributed by atoms with Crippen LogP contribution in [0.2, 0.25) is 0 Å². The summed E-state index contributed by atoms with van der Waals surface area (Å²) >= 11 is 0. The van der Waals surface area contributed by atoms with E-state index in [1.807, 2.05) is 74.9 Å². The Bertz CT molecular complexity index is 4630. The molecule has 6 aromatic carbocycles. The number of amides is 4. The van der Waals surface area contributed by atoms with E-state index in [0.717, 1.165) is 80.2 Å². The Kier molecular flexibility index (Phi) is 27.3. The molecule has 8 aromatic rings. The van der Waals surface area contributed by atoms with Gasteiger partial charge in [0.15, 0.2) is 11.6 Å². The van der Waals surface area contributed by atoms with Gasteiger partial charge in [-0.2, -0.15) is 0 Å². The average Bonchev–Trinajstić information content (AvgIpc) is 1.56. The summed E-state index contributed by atoms with van der Waals surface area (Å²) in [6.45, 7) is 46.5. The minimum atomic E-state index is -0.722. The van der Waals surface area contributed by atoms with E-state index in [1.54, 1.807) is 12.4 Å². The van der Waals surface area contributed by atoms with Crippen LogP contribution in [-0.2, 0) is 18.4 Å². The van der Waals surface area contributed by atoms with Crippen molar-refractivity contribution in [1.29, 1.82) is 0 Å². The largest absolute Gasteiger partial charge is 0.366 e. The van der Waals surface area contributed by atoms with Crippen molar-refractivity contribution in [2.45, 2.75) is 196 Å². The van der Waals surface area contributed by atoms with Gasteiger partial charge < -0.3 is 37.3 Å². The first kappa shape index (κ1) is 80.2. The summed E-state index contributed by atoms with van der Waals surface area (Å²) in [6, 6.07) is 39.4. The fourth-order valence-electron chi connectivity index (χ4n) is 13.1. The van der Waals surface area contributed by atoms with Gasteiger partial charge in [-0.15, -0.1) is 0 Å². The molecule has 0 bridgehead atoms. The number of carbonyl (C=O) groups is 5. The third-order valence-electron chi connectivity index (χ3n) is 19.7. The number of rotatable bonds is 9. The van der Waals surface area contributed by atoms with Gasteiger partial charge in [0.1, 0.15) is 11.5 Å². The topological polar surface area (TPSA) is 213 Å². The maximum atomic E-state index is 13.0.